The van der Waals surface area contributed by atoms with Crippen LogP contribution in [0, 0.1) is 0 Å². The number of nitrogens with one attached hydrogen (secondary N) is 2. The van der Waals surface area contributed by atoms with Crippen molar-refractivity contribution in [3.8, 4) is 5.75 Å². The highest BCUT2D eigenvalue weighted by Gasteiger charge is 2.06. The van der Waals surface area contributed by atoms with Gasteiger partial charge in [-0.1, -0.05) is 23.9 Å². The van der Waals surface area contributed by atoms with Crippen LogP contribution >= 0.6 is 11.8 Å². The Morgan fingerprint density at radius 1 is 1.37 bits per heavy atom. The van der Waals surface area contributed by atoms with Crippen molar-refractivity contribution in [2.75, 3.05) is 11.9 Å². The molecule has 0 amide bonds. The third kappa shape index (κ3) is 3.35. The molecule has 0 aliphatic carbocycles. The van der Waals surface area contributed by atoms with E-state index in [4.69, 9.17) is 0 Å². The highest BCUT2D eigenvalue weighted by Crippen LogP contribution is 2.35. The molecule has 2 aromatic rings. The molecule has 3 nitrogen and oxygen atoms in total. The molecule has 3 N–H and O–H groups in total. The highest BCUT2D eigenvalue weighted by atomic mass is 32.2. The van der Waals surface area contributed by atoms with Crippen molar-refractivity contribution in [1.29, 1.82) is 0 Å². The van der Waals surface area contributed by atoms with Crippen LogP contribution in [0.25, 0.3) is 6.08 Å². The van der Waals surface area contributed by atoms with Gasteiger partial charge in [0.15, 0.2) is 0 Å². The van der Waals surface area contributed by atoms with Crippen LogP contribution in [0.5, 0.6) is 5.75 Å². The van der Waals surface area contributed by atoms with Crippen LogP contribution in [-0.2, 0) is 0 Å². The lowest BCUT2D eigenvalue weighted by Crippen LogP contribution is -1.98. The molecule has 1 aromatic heterocycles. The first kappa shape index (κ1) is 13.6. The van der Waals surface area contributed by atoms with E-state index in [1.807, 2.05) is 13.0 Å². The Bertz CT molecular complexity index is 575. The summed E-state index contributed by atoms with van der Waals surface area (Å²) in [5.74, 6) is 0.286. The molecule has 1 heterocycles. The molecule has 0 unspecified atom stereocenters. The Morgan fingerprint density at radius 3 is 2.84 bits per heavy atom. The molecule has 0 atom stereocenters. The summed E-state index contributed by atoms with van der Waals surface area (Å²) in [7, 11) is 0. The van der Waals surface area contributed by atoms with Crippen molar-refractivity contribution < 1.29 is 5.11 Å². The zero-order valence-electron chi connectivity index (χ0n) is 11.1. The number of benzene rings is 1. The quantitative estimate of drug-likeness (QED) is 0.760. The minimum atomic E-state index is 0.286. The molecule has 0 fully saturated rings. The van der Waals surface area contributed by atoms with E-state index in [2.05, 4.69) is 41.5 Å². The van der Waals surface area contributed by atoms with Crippen LogP contribution in [-0.4, -0.2) is 16.6 Å². The average Bonchev–Trinajstić information content (AvgIpc) is 2.79. The summed E-state index contributed by atoms with van der Waals surface area (Å²) in [4.78, 5) is 4.83. The zero-order chi connectivity index (χ0) is 13.7. The van der Waals surface area contributed by atoms with Crippen LogP contribution in [0.4, 0.5) is 5.69 Å². The molecule has 0 bridgehead atoms. The van der Waals surface area contributed by atoms with Crippen LogP contribution in [0.1, 0.15) is 19.4 Å². The number of aromatic hydroxyl groups is 1. The van der Waals surface area contributed by atoms with E-state index in [0.717, 1.165) is 27.6 Å². The number of hydrogen-bond donors (Lipinski definition) is 3. The summed E-state index contributed by atoms with van der Waals surface area (Å²) >= 11 is 1.54. The van der Waals surface area contributed by atoms with Gasteiger partial charge < -0.3 is 15.4 Å². The highest BCUT2D eigenvalue weighted by molar-refractivity contribution is 7.99. The summed E-state index contributed by atoms with van der Waals surface area (Å²) in [6.45, 7) is 4.99. The van der Waals surface area contributed by atoms with Gasteiger partial charge in [-0.25, -0.2) is 0 Å². The molecule has 0 saturated heterocycles. The van der Waals surface area contributed by atoms with E-state index < -0.39 is 0 Å². The van der Waals surface area contributed by atoms with Gasteiger partial charge >= 0.3 is 0 Å². The fourth-order valence-electron chi connectivity index (χ4n) is 1.82. The average molecular weight is 274 g/mol. The smallest absolute Gasteiger partial charge is 0.146 e. The zero-order valence-corrected chi connectivity index (χ0v) is 11.9. The van der Waals surface area contributed by atoms with E-state index in [0.29, 0.717) is 0 Å². The minimum absolute atomic E-state index is 0.286. The predicted octanol–water partition coefficient (Wildman–Crippen LogP) is 4.34. The van der Waals surface area contributed by atoms with Crippen LogP contribution in [0.3, 0.4) is 0 Å². The molecule has 19 heavy (non-hydrogen) atoms. The van der Waals surface area contributed by atoms with Crippen molar-refractivity contribution in [2.45, 2.75) is 23.6 Å². The molecular weight excluding hydrogens is 256 g/mol. The summed E-state index contributed by atoms with van der Waals surface area (Å²) in [6, 6.07) is 6.25. The second-order valence-corrected chi connectivity index (χ2v) is 5.20. The SMILES string of the molecule is CC=Cc1cc(Sc2c[nH]cc2O)ccc1NCC. The van der Waals surface area contributed by atoms with E-state index in [9.17, 15) is 5.11 Å². The van der Waals surface area contributed by atoms with Crippen molar-refractivity contribution in [1.82, 2.24) is 4.98 Å². The molecule has 0 saturated carbocycles. The molecule has 1 aromatic carbocycles. The van der Waals surface area contributed by atoms with Crippen LogP contribution in [0.2, 0.25) is 0 Å². The molecular formula is C15H18N2OS. The van der Waals surface area contributed by atoms with Crippen molar-refractivity contribution >= 4 is 23.5 Å². The lowest BCUT2D eigenvalue weighted by molar-refractivity contribution is 0.464. The number of anilines is 1. The van der Waals surface area contributed by atoms with Crippen LogP contribution < -0.4 is 5.32 Å². The third-order valence-electron chi connectivity index (χ3n) is 2.65. The van der Waals surface area contributed by atoms with Crippen molar-refractivity contribution in [3.05, 3.63) is 42.2 Å². The van der Waals surface area contributed by atoms with Gasteiger partial charge in [-0.05, 0) is 37.6 Å². The van der Waals surface area contributed by atoms with E-state index in [1.54, 1.807) is 24.2 Å². The van der Waals surface area contributed by atoms with Gasteiger partial charge in [-0.3, -0.25) is 0 Å². The van der Waals surface area contributed by atoms with Gasteiger partial charge in [0.05, 0.1) is 4.90 Å². The summed E-state index contributed by atoms with van der Waals surface area (Å²) in [5.41, 5.74) is 2.28. The fraction of sp³-hybridized carbons (Fsp3) is 0.200. The lowest BCUT2D eigenvalue weighted by Gasteiger charge is -2.09. The normalized spacial score (nSPS) is 11.1. The molecule has 0 radical (unpaired) electrons. The summed E-state index contributed by atoms with van der Waals surface area (Å²) in [6.07, 6.45) is 7.49. The Labute approximate surface area is 117 Å². The molecule has 0 aliphatic rings. The maximum absolute atomic E-state index is 9.64. The molecule has 100 valence electrons. The first-order chi connectivity index (χ1) is 9.24. The Hall–Kier alpha value is -1.81. The van der Waals surface area contributed by atoms with Gasteiger partial charge in [0, 0.05) is 29.5 Å². The number of aromatic nitrogens is 1. The largest absolute Gasteiger partial charge is 0.505 e. The third-order valence-corrected chi connectivity index (χ3v) is 3.69. The first-order valence-corrected chi connectivity index (χ1v) is 7.10. The standard InChI is InChI=1S/C15H18N2OS/c1-3-5-11-8-12(6-7-13(11)17-4-2)19-15-10-16-9-14(15)18/h3,5-10,16-18H,4H2,1-2H3. The number of hydrogen-bond acceptors (Lipinski definition) is 3. The van der Waals surface area contributed by atoms with Crippen molar-refractivity contribution in [2.24, 2.45) is 0 Å². The van der Waals surface area contributed by atoms with E-state index in [-0.39, 0.29) is 5.75 Å². The van der Waals surface area contributed by atoms with E-state index in [1.165, 1.54) is 0 Å². The fourth-order valence-corrected chi connectivity index (χ4v) is 2.69. The number of allylic oxidation sites excluding steroid dienone is 1. The van der Waals surface area contributed by atoms with Crippen molar-refractivity contribution in [3.63, 3.8) is 0 Å². The lowest BCUT2D eigenvalue weighted by atomic mass is 10.1. The first-order valence-electron chi connectivity index (χ1n) is 6.28. The van der Waals surface area contributed by atoms with Crippen LogP contribution in [0.15, 0.2) is 46.5 Å². The van der Waals surface area contributed by atoms with Gasteiger partial charge in [-0.2, -0.15) is 0 Å². The number of rotatable bonds is 5. The maximum atomic E-state index is 9.64. The van der Waals surface area contributed by atoms with Gasteiger partial charge in [0.25, 0.3) is 0 Å². The van der Waals surface area contributed by atoms with E-state index >= 15 is 0 Å². The number of H-pyrrole nitrogens is 1. The number of aromatic amines is 1. The van der Waals surface area contributed by atoms with Gasteiger partial charge in [-0.15, -0.1) is 0 Å². The summed E-state index contributed by atoms with van der Waals surface area (Å²) < 4.78 is 0. The minimum Gasteiger partial charge on any atom is -0.505 e. The second kappa shape index (κ2) is 6.38. The molecule has 0 aliphatic heterocycles. The maximum Gasteiger partial charge on any atom is 0.146 e. The Morgan fingerprint density at radius 2 is 2.21 bits per heavy atom. The molecule has 2 rings (SSSR count). The monoisotopic (exact) mass is 274 g/mol. The Balaban J connectivity index is 2.27. The molecule has 4 heteroatoms. The summed E-state index contributed by atoms with van der Waals surface area (Å²) in [5, 5.41) is 13.0. The molecule has 0 spiro atoms. The Kier molecular flexibility index (Phi) is 4.58. The van der Waals surface area contributed by atoms with Gasteiger partial charge in [0.1, 0.15) is 5.75 Å². The van der Waals surface area contributed by atoms with Gasteiger partial charge in [0.2, 0.25) is 0 Å². The second-order valence-electron chi connectivity index (χ2n) is 4.09. The topological polar surface area (TPSA) is 48.0 Å². The predicted molar refractivity (Wildman–Crippen MR) is 81.9 cm³/mol.